The molecular weight excluding hydrogens is 556 g/mol. The number of hydrogen-bond donors (Lipinski definition) is 4. The van der Waals surface area contributed by atoms with Crippen LogP contribution in [-0.4, -0.2) is 54.0 Å². The highest BCUT2D eigenvalue weighted by atomic mass is 32.2. The van der Waals surface area contributed by atoms with Crippen LogP contribution >= 0.6 is 11.8 Å². The molecule has 0 spiro atoms. The molecule has 3 atom stereocenters. The standard InChI is InChI=1S/C35H58N4O3S/c1-2-3-4-5-6-7-8-9-10-11-12-13-14-15-16-17-19-25-32(40)36-27-22-18-23-28-37-33(41)26-21-20-24-31-34-30(29-43-31)38-35(42)39-34/h6-7,9-10,12-13,15-16,30-31,34H,2-5,8,11,14,17-29H2,1H3,(H,36,40)(H,37,41)(H2,38,39,42)/b7-6-,10-9-,13-12-,16-15-/t30-,31+,34+/m1/s1. The Morgan fingerprint density at radius 1 is 0.721 bits per heavy atom. The van der Waals surface area contributed by atoms with Crippen molar-refractivity contribution < 1.29 is 14.4 Å². The number of amides is 4. The molecule has 0 aliphatic carbocycles. The van der Waals surface area contributed by atoms with Crippen LogP contribution in [0.4, 0.5) is 4.79 Å². The van der Waals surface area contributed by atoms with Gasteiger partial charge in [0.05, 0.1) is 12.1 Å². The number of unbranched alkanes of at least 4 members (excludes halogenated alkanes) is 7. The zero-order valence-electron chi connectivity index (χ0n) is 26.6. The van der Waals surface area contributed by atoms with Crippen LogP contribution in [0.1, 0.15) is 116 Å². The minimum atomic E-state index is -0.0453. The van der Waals surface area contributed by atoms with E-state index in [0.717, 1.165) is 76.4 Å². The first-order chi connectivity index (χ1) is 21.1. The molecule has 0 aromatic heterocycles. The Labute approximate surface area is 265 Å². The molecule has 0 radical (unpaired) electrons. The van der Waals surface area contributed by atoms with Crippen LogP contribution in [0.25, 0.3) is 0 Å². The lowest BCUT2D eigenvalue weighted by molar-refractivity contribution is -0.121. The van der Waals surface area contributed by atoms with E-state index in [1.165, 1.54) is 25.7 Å². The molecule has 7 nitrogen and oxygen atoms in total. The number of rotatable bonds is 25. The number of hydrogen-bond acceptors (Lipinski definition) is 4. The third kappa shape index (κ3) is 18.7. The first-order valence-electron chi connectivity index (χ1n) is 16.9. The van der Waals surface area contributed by atoms with E-state index in [4.69, 9.17) is 0 Å². The molecule has 2 heterocycles. The third-order valence-electron chi connectivity index (χ3n) is 7.81. The molecule has 4 N–H and O–H groups in total. The maximum absolute atomic E-state index is 12.1. The van der Waals surface area contributed by atoms with E-state index >= 15 is 0 Å². The molecule has 2 rings (SSSR count). The van der Waals surface area contributed by atoms with Crippen molar-refractivity contribution >= 4 is 29.6 Å². The molecule has 4 amide bonds. The Hall–Kier alpha value is -2.48. The largest absolute Gasteiger partial charge is 0.356 e. The maximum atomic E-state index is 12.1. The van der Waals surface area contributed by atoms with Crippen molar-refractivity contribution in [1.82, 2.24) is 21.3 Å². The minimum Gasteiger partial charge on any atom is -0.356 e. The summed E-state index contributed by atoms with van der Waals surface area (Å²) in [6.45, 7) is 3.64. The summed E-state index contributed by atoms with van der Waals surface area (Å²) >= 11 is 1.92. The van der Waals surface area contributed by atoms with E-state index in [1.54, 1.807) is 0 Å². The molecule has 242 valence electrons. The molecule has 0 saturated carbocycles. The molecule has 2 aliphatic heterocycles. The average molecular weight is 615 g/mol. The SMILES string of the molecule is CCCCC/C=C\C/C=C\C/C=C\C/C=C\CCCC(=O)NCCCCCNC(=O)CCCC[C@@H]1SC[C@H]2NC(=O)N[C@H]12. The van der Waals surface area contributed by atoms with Crippen LogP contribution < -0.4 is 21.3 Å². The number of allylic oxidation sites excluding steroid dienone is 8. The molecule has 43 heavy (non-hydrogen) atoms. The lowest BCUT2D eigenvalue weighted by Gasteiger charge is -2.16. The molecule has 8 heteroatoms. The van der Waals surface area contributed by atoms with Crippen molar-refractivity contribution in [2.24, 2.45) is 0 Å². The summed E-state index contributed by atoms with van der Waals surface area (Å²) in [6.07, 6.45) is 34.6. The number of fused-ring (bicyclic) bond motifs is 1. The summed E-state index contributed by atoms with van der Waals surface area (Å²) < 4.78 is 0. The van der Waals surface area contributed by atoms with Gasteiger partial charge in [0.1, 0.15) is 0 Å². The zero-order chi connectivity index (χ0) is 30.8. The Morgan fingerprint density at radius 3 is 1.93 bits per heavy atom. The molecule has 2 fully saturated rings. The van der Waals surface area contributed by atoms with Crippen LogP contribution in [0.5, 0.6) is 0 Å². The highest BCUT2D eigenvalue weighted by molar-refractivity contribution is 8.00. The molecule has 2 saturated heterocycles. The van der Waals surface area contributed by atoms with Crippen molar-refractivity contribution in [2.75, 3.05) is 18.8 Å². The highest BCUT2D eigenvalue weighted by Gasteiger charge is 2.42. The van der Waals surface area contributed by atoms with Gasteiger partial charge in [-0.2, -0.15) is 11.8 Å². The number of nitrogens with one attached hydrogen (secondary N) is 4. The van der Waals surface area contributed by atoms with Gasteiger partial charge >= 0.3 is 6.03 Å². The number of thioether (sulfide) groups is 1. The smallest absolute Gasteiger partial charge is 0.315 e. The predicted molar refractivity (Wildman–Crippen MR) is 182 cm³/mol. The van der Waals surface area contributed by atoms with Crippen molar-refractivity contribution in [3.8, 4) is 0 Å². The van der Waals surface area contributed by atoms with Gasteiger partial charge in [0.25, 0.3) is 0 Å². The lowest BCUT2D eigenvalue weighted by Crippen LogP contribution is -2.36. The van der Waals surface area contributed by atoms with E-state index in [1.807, 2.05) is 11.8 Å². The first-order valence-corrected chi connectivity index (χ1v) is 18.0. The van der Waals surface area contributed by atoms with Crippen molar-refractivity contribution in [3.05, 3.63) is 48.6 Å². The number of carbonyl (C=O) groups is 3. The molecule has 0 aromatic carbocycles. The zero-order valence-corrected chi connectivity index (χ0v) is 27.4. The fraction of sp³-hybridized carbons (Fsp3) is 0.686. The molecule has 0 bridgehead atoms. The van der Waals surface area contributed by atoms with Gasteiger partial charge < -0.3 is 21.3 Å². The third-order valence-corrected chi connectivity index (χ3v) is 9.32. The second-order valence-electron chi connectivity index (χ2n) is 11.6. The van der Waals surface area contributed by atoms with E-state index in [2.05, 4.69) is 76.8 Å². The van der Waals surface area contributed by atoms with Crippen molar-refractivity contribution in [3.63, 3.8) is 0 Å². The maximum Gasteiger partial charge on any atom is 0.315 e. The number of carbonyl (C=O) groups excluding carboxylic acids is 3. The molecule has 2 aliphatic rings. The normalized spacial score (nSPS) is 19.9. The van der Waals surface area contributed by atoms with Crippen molar-refractivity contribution in [2.45, 2.75) is 133 Å². The fourth-order valence-corrected chi connectivity index (χ4v) is 6.82. The van der Waals surface area contributed by atoms with Crippen LogP contribution in [-0.2, 0) is 9.59 Å². The second-order valence-corrected chi connectivity index (χ2v) is 12.9. The first kappa shape index (κ1) is 36.7. The van der Waals surface area contributed by atoms with Gasteiger partial charge in [-0.1, -0.05) is 74.8 Å². The van der Waals surface area contributed by atoms with Gasteiger partial charge in [0.2, 0.25) is 11.8 Å². The number of urea groups is 1. The summed E-state index contributed by atoms with van der Waals surface area (Å²) in [5, 5.41) is 12.5. The molecular formula is C35H58N4O3S. The molecule has 0 aromatic rings. The predicted octanol–water partition coefficient (Wildman–Crippen LogP) is 7.26. The second kappa shape index (κ2) is 24.9. The van der Waals surface area contributed by atoms with Gasteiger partial charge in [-0.25, -0.2) is 4.79 Å². The van der Waals surface area contributed by atoms with Crippen molar-refractivity contribution in [1.29, 1.82) is 0 Å². The van der Waals surface area contributed by atoms with E-state index in [9.17, 15) is 14.4 Å². The van der Waals surface area contributed by atoms with Crippen LogP contribution in [0.15, 0.2) is 48.6 Å². The minimum absolute atomic E-state index is 0.0453. The van der Waals surface area contributed by atoms with Crippen LogP contribution in [0.2, 0.25) is 0 Å². The molecule has 0 unspecified atom stereocenters. The van der Waals surface area contributed by atoms with Gasteiger partial charge in [0, 0.05) is 36.9 Å². The van der Waals surface area contributed by atoms with E-state index in [-0.39, 0.29) is 29.9 Å². The van der Waals surface area contributed by atoms with Gasteiger partial charge in [-0.05, 0) is 77.0 Å². The highest BCUT2D eigenvalue weighted by Crippen LogP contribution is 2.33. The Balaban J connectivity index is 1.30. The van der Waals surface area contributed by atoms with Crippen LogP contribution in [0, 0.1) is 0 Å². The van der Waals surface area contributed by atoms with E-state index < -0.39 is 0 Å². The summed E-state index contributed by atoms with van der Waals surface area (Å²) in [4.78, 5) is 35.6. The fourth-order valence-electron chi connectivity index (χ4n) is 5.27. The van der Waals surface area contributed by atoms with Gasteiger partial charge in [0.15, 0.2) is 0 Å². The average Bonchev–Trinajstić information content (AvgIpc) is 3.55. The summed E-state index contributed by atoms with van der Waals surface area (Å²) in [5.74, 6) is 1.22. The van der Waals surface area contributed by atoms with Crippen LogP contribution in [0.3, 0.4) is 0 Å². The van der Waals surface area contributed by atoms with Gasteiger partial charge in [-0.15, -0.1) is 0 Å². The Morgan fingerprint density at radius 2 is 1.30 bits per heavy atom. The lowest BCUT2D eigenvalue weighted by atomic mass is 10.0. The summed E-state index contributed by atoms with van der Waals surface area (Å²) in [7, 11) is 0. The van der Waals surface area contributed by atoms with Gasteiger partial charge in [-0.3, -0.25) is 9.59 Å². The van der Waals surface area contributed by atoms with E-state index in [0.29, 0.717) is 31.2 Å². The Kier molecular flexibility index (Phi) is 21.3. The quantitative estimate of drug-likeness (QED) is 0.0494. The topological polar surface area (TPSA) is 99.3 Å². The monoisotopic (exact) mass is 614 g/mol. The summed E-state index contributed by atoms with van der Waals surface area (Å²) in [5.41, 5.74) is 0. The Bertz CT molecular complexity index is 902. The summed E-state index contributed by atoms with van der Waals surface area (Å²) in [6, 6.07) is 0.461.